The second kappa shape index (κ2) is 6.05. The Hall–Kier alpha value is -2.73. The van der Waals surface area contributed by atoms with Gasteiger partial charge in [0.25, 0.3) is 11.8 Å². The molecular formula is C18H17N3O2S. The maximum absolute atomic E-state index is 12.5. The average Bonchev–Trinajstić information content (AvgIpc) is 2.82. The number of amides is 2. The first-order valence-electron chi connectivity index (χ1n) is 7.50. The molecule has 24 heavy (non-hydrogen) atoms. The zero-order chi connectivity index (χ0) is 17.4. The van der Waals surface area contributed by atoms with Crippen LogP contribution in [-0.2, 0) is 0 Å². The third-order valence-corrected chi connectivity index (χ3v) is 4.37. The maximum atomic E-state index is 12.5. The molecule has 2 aromatic rings. The van der Waals surface area contributed by atoms with E-state index in [1.165, 1.54) is 5.01 Å². The normalized spacial score (nSPS) is 13.0. The van der Waals surface area contributed by atoms with Crippen molar-refractivity contribution in [2.45, 2.75) is 13.8 Å². The number of rotatable bonds is 2. The van der Waals surface area contributed by atoms with Crippen LogP contribution < -0.4 is 5.32 Å². The smallest absolute Gasteiger partial charge is 0.280 e. The second-order valence-corrected chi connectivity index (χ2v) is 6.13. The first-order chi connectivity index (χ1) is 11.4. The van der Waals surface area contributed by atoms with Crippen LogP contribution in [0.5, 0.6) is 0 Å². The van der Waals surface area contributed by atoms with E-state index in [1.807, 2.05) is 32.0 Å². The van der Waals surface area contributed by atoms with Gasteiger partial charge < -0.3 is 5.32 Å². The first-order valence-corrected chi connectivity index (χ1v) is 7.90. The molecule has 0 saturated carbocycles. The van der Waals surface area contributed by atoms with Crippen molar-refractivity contribution in [3.8, 4) is 0 Å². The van der Waals surface area contributed by atoms with Gasteiger partial charge in [0.1, 0.15) is 0 Å². The number of fused-ring (bicyclic) bond motifs is 1. The van der Waals surface area contributed by atoms with Gasteiger partial charge in [-0.25, -0.2) is 0 Å². The fraction of sp³-hybridized carbons (Fsp3) is 0.167. The van der Waals surface area contributed by atoms with Crippen molar-refractivity contribution in [3.05, 3.63) is 64.7 Å². The van der Waals surface area contributed by atoms with Gasteiger partial charge in [-0.2, -0.15) is 5.01 Å². The number of hydrazine groups is 1. The van der Waals surface area contributed by atoms with E-state index in [0.29, 0.717) is 11.1 Å². The summed E-state index contributed by atoms with van der Waals surface area (Å²) in [5.41, 5.74) is 3.75. The molecule has 6 heteroatoms. The number of hydrogen-bond donors (Lipinski definition) is 1. The van der Waals surface area contributed by atoms with E-state index in [9.17, 15) is 9.59 Å². The molecule has 0 fully saturated rings. The van der Waals surface area contributed by atoms with E-state index in [1.54, 1.807) is 31.3 Å². The minimum absolute atomic E-state index is 0.276. The Kier molecular flexibility index (Phi) is 4.07. The van der Waals surface area contributed by atoms with E-state index in [2.05, 4.69) is 5.32 Å². The van der Waals surface area contributed by atoms with E-state index in [4.69, 9.17) is 12.2 Å². The standard InChI is InChI=1S/C18H17N3O2S/c1-11-8-9-12(2)15(10-11)19-18(24)20(3)21-16(22)13-6-4-5-7-14(13)17(21)23/h4-10H,1-3H3,(H,19,24). The molecule has 5 nitrogen and oxygen atoms in total. The lowest BCUT2D eigenvalue weighted by molar-refractivity contribution is 0.0366. The zero-order valence-electron chi connectivity index (χ0n) is 13.7. The quantitative estimate of drug-likeness (QED) is 0.673. The van der Waals surface area contributed by atoms with Crippen molar-refractivity contribution < 1.29 is 9.59 Å². The monoisotopic (exact) mass is 339 g/mol. The molecule has 0 unspecified atom stereocenters. The lowest BCUT2D eigenvalue weighted by atomic mass is 10.1. The Balaban J connectivity index is 1.83. The third kappa shape index (κ3) is 2.65. The minimum Gasteiger partial charge on any atom is -0.331 e. The van der Waals surface area contributed by atoms with Gasteiger partial charge in [-0.1, -0.05) is 24.3 Å². The van der Waals surface area contributed by atoms with Gasteiger partial charge in [0.05, 0.1) is 11.1 Å². The summed E-state index contributed by atoms with van der Waals surface area (Å²) >= 11 is 5.38. The predicted molar refractivity (Wildman–Crippen MR) is 96.8 cm³/mol. The summed E-state index contributed by atoms with van der Waals surface area (Å²) in [7, 11) is 1.60. The number of nitrogens with zero attached hydrogens (tertiary/aromatic N) is 2. The van der Waals surface area contributed by atoms with Crippen LogP contribution in [0, 0.1) is 13.8 Å². The SMILES string of the molecule is Cc1ccc(C)c(NC(=S)N(C)N2C(=O)c3ccccc3C2=O)c1. The molecule has 1 heterocycles. The molecule has 1 aliphatic heterocycles. The molecule has 0 atom stereocenters. The van der Waals surface area contributed by atoms with Gasteiger partial charge in [0, 0.05) is 12.7 Å². The lowest BCUT2D eigenvalue weighted by Crippen LogP contribution is -2.48. The molecule has 122 valence electrons. The van der Waals surface area contributed by atoms with E-state index in [-0.39, 0.29) is 16.9 Å². The highest BCUT2D eigenvalue weighted by Crippen LogP contribution is 2.24. The number of hydrogen-bond acceptors (Lipinski definition) is 3. The number of nitrogens with one attached hydrogen (secondary N) is 1. The van der Waals surface area contributed by atoms with Gasteiger partial charge in [0.15, 0.2) is 5.11 Å². The van der Waals surface area contributed by atoms with E-state index < -0.39 is 0 Å². The minimum atomic E-state index is -0.372. The number of carbonyl (C=O) groups is 2. The van der Waals surface area contributed by atoms with Crippen LogP contribution in [0.25, 0.3) is 0 Å². The summed E-state index contributed by atoms with van der Waals surface area (Å²) < 4.78 is 0. The number of thiocarbonyl (C=S) groups is 1. The molecule has 0 bridgehead atoms. The third-order valence-electron chi connectivity index (χ3n) is 4.00. The average molecular weight is 339 g/mol. The molecule has 0 aliphatic carbocycles. The first kappa shape index (κ1) is 16.1. The summed E-state index contributed by atoms with van der Waals surface area (Å²) in [5.74, 6) is -0.744. The molecule has 0 radical (unpaired) electrons. The van der Waals surface area contributed by atoms with Crippen LogP contribution in [0.3, 0.4) is 0 Å². The van der Waals surface area contributed by atoms with Crippen LogP contribution in [0.4, 0.5) is 5.69 Å². The van der Waals surface area contributed by atoms with Crippen LogP contribution in [0.2, 0.25) is 0 Å². The molecule has 1 aliphatic rings. The second-order valence-electron chi connectivity index (χ2n) is 5.74. The molecule has 1 N–H and O–H groups in total. The van der Waals surface area contributed by atoms with Gasteiger partial charge in [-0.3, -0.25) is 14.6 Å². The van der Waals surface area contributed by atoms with Crippen LogP contribution in [-0.4, -0.2) is 34.0 Å². The molecular weight excluding hydrogens is 322 g/mol. The lowest BCUT2D eigenvalue weighted by Gasteiger charge is -2.28. The molecule has 2 aromatic carbocycles. The largest absolute Gasteiger partial charge is 0.331 e. The Morgan fingerprint density at radius 2 is 1.62 bits per heavy atom. The summed E-state index contributed by atoms with van der Waals surface area (Å²) in [6.45, 7) is 3.95. The van der Waals surface area contributed by atoms with E-state index in [0.717, 1.165) is 21.8 Å². The Labute approximate surface area is 145 Å². The fourth-order valence-corrected chi connectivity index (χ4v) is 2.80. The van der Waals surface area contributed by atoms with Crippen molar-refractivity contribution in [2.24, 2.45) is 0 Å². The van der Waals surface area contributed by atoms with Crippen LogP contribution in [0.1, 0.15) is 31.8 Å². The molecule has 0 saturated heterocycles. The summed E-state index contributed by atoms with van der Waals surface area (Å²) in [6.07, 6.45) is 0. The zero-order valence-corrected chi connectivity index (χ0v) is 14.5. The number of aryl methyl sites for hydroxylation is 2. The highest BCUT2D eigenvalue weighted by Gasteiger charge is 2.38. The van der Waals surface area contributed by atoms with Crippen molar-refractivity contribution in [3.63, 3.8) is 0 Å². The Morgan fingerprint density at radius 1 is 1.04 bits per heavy atom. The van der Waals surface area contributed by atoms with Gasteiger partial charge in [-0.15, -0.1) is 0 Å². The number of anilines is 1. The van der Waals surface area contributed by atoms with Gasteiger partial charge >= 0.3 is 0 Å². The molecule has 0 spiro atoms. The van der Waals surface area contributed by atoms with Crippen molar-refractivity contribution >= 4 is 34.8 Å². The number of benzene rings is 2. The Morgan fingerprint density at radius 3 is 2.21 bits per heavy atom. The predicted octanol–water partition coefficient (Wildman–Crippen LogP) is 3.14. The van der Waals surface area contributed by atoms with Gasteiger partial charge in [0.2, 0.25) is 0 Å². The van der Waals surface area contributed by atoms with E-state index >= 15 is 0 Å². The summed E-state index contributed by atoms with van der Waals surface area (Å²) in [4.78, 5) is 25.0. The molecule has 2 amide bonds. The molecule has 3 rings (SSSR count). The highest BCUT2D eigenvalue weighted by atomic mass is 32.1. The van der Waals surface area contributed by atoms with Crippen molar-refractivity contribution in [2.75, 3.05) is 12.4 Å². The number of imide groups is 1. The summed E-state index contributed by atoms with van der Waals surface area (Å²) in [5, 5.41) is 5.82. The van der Waals surface area contributed by atoms with Crippen molar-refractivity contribution in [1.29, 1.82) is 0 Å². The van der Waals surface area contributed by atoms with Crippen molar-refractivity contribution in [1.82, 2.24) is 10.0 Å². The fourth-order valence-electron chi connectivity index (χ4n) is 2.61. The highest BCUT2D eigenvalue weighted by molar-refractivity contribution is 7.80. The van der Waals surface area contributed by atoms with Gasteiger partial charge in [-0.05, 0) is 55.4 Å². The Bertz CT molecular complexity index is 828. The number of carbonyl (C=O) groups excluding carboxylic acids is 2. The summed E-state index contributed by atoms with van der Waals surface area (Å²) in [6, 6.07) is 12.7. The maximum Gasteiger partial charge on any atom is 0.280 e. The van der Waals surface area contributed by atoms with Crippen LogP contribution in [0.15, 0.2) is 42.5 Å². The molecule has 0 aromatic heterocycles. The van der Waals surface area contributed by atoms with Crippen LogP contribution >= 0.6 is 12.2 Å². The topological polar surface area (TPSA) is 52.6 Å².